The predicted molar refractivity (Wildman–Crippen MR) is 93.3 cm³/mol. The molecular weight excluding hydrogens is 319 g/mol. The van der Waals surface area contributed by atoms with Crippen LogP contribution in [0.15, 0.2) is 30.5 Å². The zero-order chi connectivity index (χ0) is 17.8. The molecule has 2 aromatic rings. The van der Waals surface area contributed by atoms with Crippen molar-refractivity contribution in [3.8, 4) is 0 Å². The van der Waals surface area contributed by atoms with Crippen LogP contribution < -0.4 is 5.32 Å². The number of benzene rings is 1. The first-order valence-electron chi connectivity index (χ1n) is 8.56. The number of hydrogen-bond donors (Lipinski definition) is 1. The first-order chi connectivity index (χ1) is 12.0. The highest BCUT2D eigenvalue weighted by Crippen LogP contribution is 2.30. The highest BCUT2D eigenvalue weighted by atomic mass is 19.1. The molecular formula is C19H23FN4O. The predicted octanol–water partition coefficient (Wildman–Crippen LogP) is 2.55. The van der Waals surface area contributed by atoms with Gasteiger partial charge in [0.05, 0.1) is 18.2 Å². The van der Waals surface area contributed by atoms with Crippen LogP contribution in [0.3, 0.4) is 0 Å². The minimum absolute atomic E-state index is 0.142. The van der Waals surface area contributed by atoms with E-state index in [4.69, 9.17) is 0 Å². The van der Waals surface area contributed by atoms with Crippen LogP contribution in [-0.2, 0) is 17.8 Å². The Hall–Kier alpha value is -2.34. The lowest BCUT2D eigenvalue weighted by molar-refractivity contribution is -0.120. The average Bonchev–Trinajstić information content (AvgIpc) is 2.99. The molecule has 2 heterocycles. The normalized spacial score (nSPS) is 17.6. The summed E-state index contributed by atoms with van der Waals surface area (Å²) in [5.41, 5.74) is 2.60. The van der Waals surface area contributed by atoms with E-state index in [1.807, 2.05) is 6.92 Å². The van der Waals surface area contributed by atoms with Crippen LogP contribution in [0, 0.1) is 12.7 Å². The average molecular weight is 342 g/mol. The van der Waals surface area contributed by atoms with E-state index >= 15 is 0 Å². The third-order valence-corrected chi connectivity index (χ3v) is 4.58. The SMILES string of the molecule is Cc1ncc(CNC(=O)Cc2cccc(F)c2)c(C2CCCN2C)n1. The van der Waals surface area contributed by atoms with Crippen molar-refractivity contribution in [1.82, 2.24) is 20.2 Å². The molecule has 1 atom stereocenters. The van der Waals surface area contributed by atoms with Crippen LogP contribution in [0.1, 0.15) is 41.5 Å². The van der Waals surface area contributed by atoms with Crippen molar-refractivity contribution in [3.05, 3.63) is 58.9 Å². The molecule has 0 aliphatic carbocycles. The molecule has 0 bridgehead atoms. The van der Waals surface area contributed by atoms with Gasteiger partial charge < -0.3 is 5.32 Å². The van der Waals surface area contributed by atoms with Gasteiger partial charge in [-0.2, -0.15) is 0 Å². The van der Waals surface area contributed by atoms with E-state index in [2.05, 4.69) is 27.2 Å². The van der Waals surface area contributed by atoms with Crippen molar-refractivity contribution in [2.24, 2.45) is 0 Å². The zero-order valence-corrected chi connectivity index (χ0v) is 14.6. The Balaban J connectivity index is 1.67. The Morgan fingerprint density at radius 3 is 3.00 bits per heavy atom. The van der Waals surface area contributed by atoms with Gasteiger partial charge in [-0.15, -0.1) is 0 Å². The van der Waals surface area contributed by atoms with Gasteiger partial charge in [0.2, 0.25) is 5.91 Å². The van der Waals surface area contributed by atoms with Gasteiger partial charge in [0.15, 0.2) is 0 Å². The smallest absolute Gasteiger partial charge is 0.224 e. The summed E-state index contributed by atoms with van der Waals surface area (Å²) in [7, 11) is 2.10. The van der Waals surface area contributed by atoms with Gasteiger partial charge in [0.1, 0.15) is 11.6 Å². The molecule has 3 rings (SSSR count). The quantitative estimate of drug-likeness (QED) is 0.907. The van der Waals surface area contributed by atoms with Crippen LogP contribution in [0.5, 0.6) is 0 Å². The lowest BCUT2D eigenvalue weighted by atomic mass is 10.1. The number of nitrogens with zero attached hydrogens (tertiary/aromatic N) is 3. The standard InChI is InChI=1S/C19H23FN4O/c1-13-21-11-15(19(23-13)17-7-4-8-24(17)2)12-22-18(25)10-14-5-3-6-16(20)9-14/h3,5-6,9,11,17H,4,7-8,10,12H2,1-2H3,(H,22,25). The molecule has 6 heteroatoms. The van der Waals surface area contributed by atoms with Gasteiger partial charge in [-0.3, -0.25) is 9.69 Å². The van der Waals surface area contributed by atoms with Gasteiger partial charge >= 0.3 is 0 Å². The van der Waals surface area contributed by atoms with Gasteiger partial charge in [-0.25, -0.2) is 14.4 Å². The fourth-order valence-electron chi connectivity index (χ4n) is 3.28. The molecule has 1 N–H and O–H groups in total. The number of carbonyl (C=O) groups excluding carboxylic acids is 1. The van der Waals surface area contributed by atoms with E-state index in [-0.39, 0.29) is 24.2 Å². The zero-order valence-electron chi connectivity index (χ0n) is 14.6. The van der Waals surface area contributed by atoms with E-state index in [9.17, 15) is 9.18 Å². The van der Waals surface area contributed by atoms with Crippen LogP contribution in [-0.4, -0.2) is 34.4 Å². The van der Waals surface area contributed by atoms with Gasteiger partial charge in [0.25, 0.3) is 0 Å². The molecule has 1 aromatic carbocycles. The molecule has 1 fully saturated rings. The van der Waals surface area contributed by atoms with Gasteiger partial charge in [-0.1, -0.05) is 12.1 Å². The molecule has 0 spiro atoms. The number of carbonyl (C=O) groups is 1. The van der Waals surface area contributed by atoms with Crippen molar-refractivity contribution < 1.29 is 9.18 Å². The number of hydrogen-bond acceptors (Lipinski definition) is 4. The summed E-state index contributed by atoms with van der Waals surface area (Å²) in [5.74, 6) is 0.269. The molecule has 25 heavy (non-hydrogen) atoms. The highest BCUT2D eigenvalue weighted by Gasteiger charge is 2.26. The third-order valence-electron chi connectivity index (χ3n) is 4.58. The Bertz CT molecular complexity index is 765. The van der Waals surface area contributed by atoms with E-state index in [0.29, 0.717) is 12.1 Å². The monoisotopic (exact) mass is 342 g/mol. The fourth-order valence-corrected chi connectivity index (χ4v) is 3.28. The largest absolute Gasteiger partial charge is 0.352 e. The molecule has 0 saturated carbocycles. The Morgan fingerprint density at radius 1 is 1.44 bits per heavy atom. The van der Waals surface area contributed by atoms with Gasteiger partial charge in [-0.05, 0) is 51.1 Å². The second-order valence-corrected chi connectivity index (χ2v) is 6.55. The number of amides is 1. The van der Waals surface area contributed by atoms with E-state index < -0.39 is 0 Å². The van der Waals surface area contributed by atoms with Gasteiger partial charge in [0, 0.05) is 18.3 Å². The molecule has 1 aliphatic heterocycles. The number of aromatic nitrogens is 2. The van der Waals surface area contributed by atoms with Crippen LogP contribution in [0.2, 0.25) is 0 Å². The summed E-state index contributed by atoms with van der Waals surface area (Å²) >= 11 is 0. The minimum Gasteiger partial charge on any atom is -0.352 e. The fraction of sp³-hybridized carbons (Fsp3) is 0.421. The van der Waals surface area contributed by atoms with Crippen LogP contribution in [0.25, 0.3) is 0 Å². The molecule has 1 aromatic heterocycles. The first kappa shape index (κ1) is 17.5. The Labute approximate surface area is 147 Å². The van der Waals surface area contributed by atoms with Crippen molar-refractivity contribution in [2.75, 3.05) is 13.6 Å². The molecule has 1 amide bonds. The number of likely N-dealkylation sites (tertiary alicyclic amines) is 1. The number of aryl methyl sites for hydroxylation is 1. The number of nitrogens with one attached hydrogen (secondary N) is 1. The molecule has 132 valence electrons. The second-order valence-electron chi connectivity index (χ2n) is 6.55. The first-order valence-corrected chi connectivity index (χ1v) is 8.56. The number of halogens is 1. The second kappa shape index (κ2) is 7.70. The van der Waals surface area contributed by atoms with Crippen molar-refractivity contribution in [1.29, 1.82) is 0 Å². The molecule has 1 unspecified atom stereocenters. The maximum absolute atomic E-state index is 13.2. The summed E-state index contributed by atoms with van der Waals surface area (Å²) < 4.78 is 13.2. The molecule has 5 nitrogen and oxygen atoms in total. The van der Waals surface area contributed by atoms with Crippen molar-refractivity contribution in [2.45, 2.75) is 38.8 Å². The summed E-state index contributed by atoms with van der Waals surface area (Å²) in [6.45, 7) is 3.32. The van der Waals surface area contributed by atoms with Crippen LogP contribution >= 0.6 is 0 Å². The summed E-state index contributed by atoms with van der Waals surface area (Å²) in [5, 5.41) is 2.91. The van der Waals surface area contributed by atoms with E-state index in [1.54, 1.807) is 18.3 Å². The summed E-state index contributed by atoms with van der Waals surface area (Å²) in [6, 6.07) is 6.39. The molecule has 1 aliphatic rings. The topological polar surface area (TPSA) is 58.1 Å². The third kappa shape index (κ3) is 4.39. The summed E-state index contributed by atoms with van der Waals surface area (Å²) in [4.78, 5) is 23.4. The Morgan fingerprint density at radius 2 is 2.28 bits per heavy atom. The highest BCUT2D eigenvalue weighted by molar-refractivity contribution is 5.78. The summed E-state index contributed by atoms with van der Waals surface area (Å²) in [6.07, 6.45) is 4.17. The molecule has 0 radical (unpaired) electrons. The maximum atomic E-state index is 13.2. The lowest BCUT2D eigenvalue weighted by Gasteiger charge is -2.21. The van der Waals surface area contributed by atoms with Crippen LogP contribution in [0.4, 0.5) is 4.39 Å². The Kier molecular flexibility index (Phi) is 5.38. The van der Waals surface area contributed by atoms with E-state index in [0.717, 1.165) is 36.5 Å². The van der Waals surface area contributed by atoms with Crippen molar-refractivity contribution >= 4 is 5.91 Å². The molecule has 1 saturated heterocycles. The van der Waals surface area contributed by atoms with Crippen molar-refractivity contribution in [3.63, 3.8) is 0 Å². The van der Waals surface area contributed by atoms with E-state index in [1.165, 1.54) is 12.1 Å². The lowest BCUT2D eigenvalue weighted by Crippen LogP contribution is -2.27. The number of rotatable bonds is 5. The maximum Gasteiger partial charge on any atom is 0.224 e. The minimum atomic E-state index is -0.330.